The van der Waals surface area contributed by atoms with Crippen molar-refractivity contribution in [3.63, 3.8) is 0 Å². The Labute approximate surface area is 149 Å². The average molecular weight is 423 g/mol. The first kappa shape index (κ1) is 20.8. The SMILES string of the molecule is CCOc1ccc(NC(=NC)NCCCOC)cc1OC.I. The maximum atomic E-state index is 5.49. The van der Waals surface area contributed by atoms with E-state index in [9.17, 15) is 0 Å². The van der Waals surface area contributed by atoms with Crippen LogP contribution in [0.25, 0.3) is 0 Å². The molecule has 0 aliphatic rings. The maximum Gasteiger partial charge on any atom is 0.195 e. The van der Waals surface area contributed by atoms with Gasteiger partial charge in [0, 0.05) is 39.1 Å². The molecule has 7 heteroatoms. The number of methoxy groups -OCH3 is 2. The molecule has 0 aromatic heterocycles. The van der Waals surface area contributed by atoms with Gasteiger partial charge in [-0.05, 0) is 25.5 Å². The smallest absolute Gasteiger partial charge is 0.195 e. The van der Waals surface area contributed by atoms with Crippen LogP contribution in [0.2, 0.25) is 0 Å². The number of hydrogen-bond acceptors (Lipinski definition) is 4. The predicted octanol–water partition coefficient (Wildman–Crippen LogP) is 2.74. The molecule has 0 atom stereocenters. The molecule has 0 saturated heterocycles. The van der Waals surface area contributed by atoms with E-state index in [0.29, 0.717) is 18.3 Å². The Balaban J connectivity index is 0.00000441. The summed E-state index contributed by atoms with van der Waals surface area (Å²) in [6.45, 7) is 4.06. The topological polar surface area (TPSA) is 64.1 Å². The summed E-state index contributed by atoms with van der Waals surface area (Å²) in [7, 11) is 5.05. The van der Waals surface area contributed by atoms with Gasteiger partial charge in [-0.2, -0.15) is 0 Å². The van der Waals surface area contributed by atoms with Gasteiger partial charge < -0.3 is 24.8 Å². The van der Waals surface area contributed by atoms with Gasteiger partial charge in [-0.25, -0.2) is 0 Å². The zero-order chi connectivity index (χ0) is 15.5. The third-order valence-electron chi connectivity index (χ3n) is 2.77. The summed E-state index contributed by atoms with van der Waals surface area (Å²) in [5, 5.41) is 6.43. The molecule has 0 amide bonds. The number of benzene rings is 1. The molecular formula is C15H26IN3O3. The number of ether oxygens (including phenoxy) is 3. The van der Waals surface area contributed by atoms with Crippen LogP contribution in [0.15, 0.2) is 23.2 Å². The molecule has 1 aromatic rings. The fourth-order valence-electron chi connectivity index (χ4n) is 1.76. The standard InChI is InChI=1S/C15H25N3O3.HI/c1-5-21-13-8-7-12(11-14(13)20-4)18-15(16-2)17-9-6-10-19-3;/h7-8,11H,5-6,9-10H2,1-4H3,(H2,16,17,18);1H. The highest BCUT2D eigenvalue weighted by molar-refractivity contribution is 14.0. The number of nitrogens with one attached hydrogen (secondary N) is 2. The van der Waals surface area contributed by atoms with Crippen molar-refractivity contribution in [3.05, 3.63) is 18.2 Å². The number of guanidine groups is 1. The Hall–Kier alpha value is -1.22. The van der Waals surface area contributed by atoms with Crippen LogP contribution in [-0.4, -0.2) is 47.0 Å². The largest absolute Gasteiger partial charge is 0.493 e. The van der Waals surface area contributed by atoms with E-state index in [-0.39, 0.29) is 24.0 Å². The van der Waals surface area contributed by atoms with Crippen molar-refractivity contribution in [1.29, 1.82) is 0 Å². The van der Waals surface area contributed by atoms with Crippen LogP contribution >= 0.6 is 24.0 Å². The first-order valence-electron chi connectivity index (χ1n) is 7.02. The summed E-state index contributed by atoms with van der Waals surface area (Å²) >= 11 is 0. The molecular weight excluding hydrogens is 397 g/mol. The first-order chi connectivity index (χ1) is 10.2. The molecule has 1 aromatic carbocycles. The maximum absolute atomic E-state index is 5.49. The van der Waals surface area contributed by atoms with Gasteiger partial charge in [-0.1, -0.05) is 0 Å². The third kappa shape index (κ3) is 7.17. The minimum absolute atomic E-state index is 0. The van der Waals surface area contributed by atoms with Crippen molar-refractivity contribution in [2.45, 2.75) is 13.3 Å². The summed E-state index contributed by atoms with van der Waals surface area (Å²) in [5.41, 5.74) is 0.884. The number of aliphatic imine (C=N–C) groups is 1. The molecule has 0 saturated carbocycles. The fraction of sp³-hybridized carbons (Fsp3) is 0.533. The lowest BCUT2D eigenvalue weighted by molar-refractivity contribution is 0.195. The van der Waals surface area contributed by atoms with Crippen LogP contribution in [0.5, 0.6) is 11.5 Å². The number of nitrogens with zero attached hydrogens (tertiary/aromatic N) is 1. The minimum atomic E-state index is 0. The zero-order valence-corrected chi connectivity index (χ0v) is 16.0. The molecule has 2 N–H and O–H groups in total. The molecule has 126 valence electrons. The Morgan fingerprint density at radius 3 is 2.59 bits per heavy atom. The molecule has 22 heavy (non-hydrogen) atoms. The monoisotopic (exact) mass is 423 g/mol. The molecule has 6 nitrogen and oxygen atoms in total. The van der Waals surface area contributed by atoms with E-state index < -0.39 is 0 Å². The van der Waals surface area contributed by atoms with E-state index in [1.807, 2.05) is 25.1 Å². The number of anilines is 1. The highest BCUT2D eigenvalue weighted by Gasteiger charge is 2.06. The highest BCUT2D eigenvalue weighted by Crippen LogP contribution is 2.30. The number of rotatable bonds is 8. The van der Waals surface area contributed by atoms with Crippen LogP contribution in [0.1, 0.15) is 13.3 Å². The summed E-state index contributed by atoms with van der Waals surface area (Å²) in [5.74, 6) is 2.13. The van der Waals surface area contributed by atoms with Crippen molar-refractivity contribution >= 4 is 35.6 Å². The van der Waals surface area contributed by atoms with Crippen molar-refractivity contribution in [2.24, 2.45) is 4.99 Å². The molecule has 0 bridgehead atoms. The summed E-state index contributed by atoms with van der Waals surface area (Å²) in [6.07, 6.45) is 0.920. The average Bonchev–Trinajstić information content (AvgIpc) is 2.51. The Morgan fingerprint density at radius 1 is 1.23 bits per heavy atom. The van der Waals surface area contributed by atoms with Gasteiger partial charge in [0.25, 0.3) is 0 Å². The van der Waals surface area contributed by atoms with Crippen LogP contribution in [0.3, 0.4) is 0 Å². The first-order valence-corrected chi connectivity index (χ1v) is 7.02. The summed E-state index contributed by atoms with van der Waals surface area (Å²) in [4.78, 5) is 4.18. The normalized spacial score (nSPS) is 10.6. The van der Waals surface area contributed by atoms with E-state index in [2.05, 4.69) is 15.6 Å². The van der Waals surface area contributed by atoms with Crippen LogP contribution in [-0.2, 0) is 4.74 Å². The van der Waals surface area contributed by atoms with Gasteiger partial charge in [-0.15, -0.1) is 24.0 Å². The quantitative estimate of drug-likeness (QED) is 0.292. The summed E-state index contributed by atoms with van der Waals surface area (Å²) in [6, 6.07) is 5.69. The van der Waals surface area contributed by atoms with E-state index >= 15 is 0 Å². The molecule has 0 fully saturated rings. The van der Waals surface area contributed by atoms with Gasteiger partial charge in [-0.3, -0.25) is 4.99 Å². The van der Waals surface area contributed by atoms with Crippen molar-refractivity contribution in [1.82, 2.24) is 5.32 Å². The van der Waals surface area contributed by atoms with Gasteiger partial charge >= 0.3 is 0 Å². The Bertz CT molecular complexity index is 456. The van der Waals surface area contributed by atoms with Crippen LogP contribution < -0.4 is 20.1 Å². The fourth-order valence-corrected chi connectivity index (χ4v) is 1.76. The Morgan fingerprint density at radius 2 is 2.00 bits per heavy atom. The van der Waals surface area contributed by atoms with Crippen LogP contribution in [0, 0.1) is 0 Å². The van der Waals surface area contributed by atoms with Crippen LogP contribution in [0.4, 0.5) is 5.69 Å². The molecule has 1 rings (SSSR count). The van der Waals surface area contributed by atoms with E-state index in [1.54, 1.807) is 21.3 Å². The Kier molecular flexibility index (Phi) is 11.7. The molecule has 0 aliphatic heterocycles. The number of hydrogen-bond donors (Lipinski definition) is 2. The zero-order valence-electron chi connectivity index (χ0n) is 13.6. The third-order valence-corrected chi connectivity index (χ3v) is 2.77. The molecule has 0 unspecified atom stereocenters. The van der Waals surface area contributed by atoms with Gasteiger partial charge in [0.1, 0.15) is 0 Å². The number of halogens is 1. The lowest BCUT2D eigenvalue weighted by Gasteiger charge is -2.14. The van der Waals surface area contributed by atoms with E-state index in [1.165, 1.54) is 0 Å². The van der Waals surface area contributed by atoms with Gasteiger partial charge in [0.2, 0.25) is 0 Å². The van der Waals surface area contributed by atoms with Crippen molar-refractivity contribution < 1.29 is 14.2 Å². The molecule has 0 heterocycles. The second kappa shape index (κ2) is 12.3. The van der Waals surface area contributed by atoms with E-state index in [4.69, 9.17) is 14.2 Å². The summed E-state index contributed by atoms with van der Waals surface area (Å²) < 4.78 is 15.8. The minimum Gasteiger partial charge on any atom is -0.493 e. The lowest BCUT2D eigenvalue weighted by Crippen LogP contribution is -2.31. The van der Waals surface area contributed by atoms with E-state index in [0.717, 1.165) is 31.0 Å². The molecule has 0 aliphatic carbocycles. The molecule has 0 spiro atoms. The predicted molar refractivity (Wildman–Crippen MR) is 101 cm³/mol. The second-order valence-electron chi connectivity index (χ2n) is 4.27. The van der Waals surface area contributed by atoms with Crippen molar-refractivity contribution in [3.8, 4) is 11.5 Å². The second-order valence-corrected chi connectivity index (χ2v) is 4.27. The lowest BCUT2D eigenvalue weighted by atomic mass is 10.2. The highest BCUT2D eigenvalue weighted by atomic mass is 127. The van der Waals surface area contributed by atoms with Crippen molar-refractivity contribution in [2.75, 3.05) is 46.3 Å². The molecule has 0 radical (unpaired) electrons. The van der Waals surface area contributed by atoms with Gasteiger partial charge in [0.05, 0.1) is 13.7 Å². The van der Waals surface area contributed by atoms with Gasteiger partial charge in [0.15, 0.2) is 17.5 Å².